The molecule has 2 heterocycles. The molecule has 122 valence electrons. The summed E-state index contributed by atoms with van der Waals surface area (Å²) in [6.07, 6.45) is 11.1. The van der Waals surface area contributed by atoms with Crippen LogP contribution in [0.4, 0.5) is 0 Å². The molecule has 5 heteroatoms. The van der Waals surface area contributed by atoms with Crippen molar-refractivity contribution in [2.75, 3.05) is 31.1 Å². The van der Waals surface area contributed by atoms with Crippen LogP contribution in [-0.2, 0) is 9.84 Å². The Morgan fingerprint density at radius 3 is 1.95 bits per heavy atom. The number of hydrogen-bond acceptors (Lipinski definition) is 4. The third kappa shape index (κ3) is 3.15. The average Bonchev–Trinajstić information content (AvgIpc) is 2.50. The Morgan fingerprint density at radius 1 is 0.857 bits per heavy atom. The normalized spacial score (nSPS) is 32.0. The predicted molar refractivity (Wildman–Crippen MR) is 86.0 cm³/mol. The predicted octanol–water partition coefficient (Wildman–Crippen LogP) is 1.94. The molecule has 3 fully saturated rings. The lowest BCUT2D eigenvalue weighted by atomic mass is 9.67. The van der Waals surface area contributed by atoms with E-state index in [0.717, 1.165) is 25.9 Å². The van der Waals surface area contributed by atoms with Gasteiger partial charge in [-0.1, -0.05) is 19.3 Å². The zero-order valence-electron chi connectivity index (χ0n) is 13.1. The van der Waals surface area contributed by atoms with Gasteiger partial charge in [0.1, 0.15) is 9.84 Å². The summed E-state index contributed by atoms with van der Waals surface area (Å²) in [7, 11) is -2.81. The lowest BCUT2D eigenvalue weighted by Crippen LogP contribution is -2.60. The first-order chi connectivity index (χ1) is 9.99. The van der Waals surface area contributed by atoms with E-state index in [1.54, 1.807) is 0 Å². The van der Waals surface area contributed by atoms with Crippen LogP contribution in [0.2, 0.25) is 0 Å². The van der Waals surface area contributed by atoms with Gasteiger partial charge in [-0.15, -0.1) is 0 Å². The molecule has 4 nitrogen and oxygen atoms in total. The highest BCUT2D eigenvalue weighted by Gasteiger charge is 2.45. The highest BCUT2D eigenvalue weighted by Crippen LogP contribution is 2.46. The van der Waals surface area contributed by atoms with Gasteiger partial charge in [-0.3, -0.25) is 4.90 Å². The highest BCUT2D eigenvalue weighted by molar-refractivity contribution is 7.91. The van der Waals surface area contributed by atoms with Crippen molar-refractivity contribution in [3.63, 3.8) is 0 Å². The molecule has 1 saturated carbocycles. The third-order valence-electron chi connectivity index (χ3n) is 6.55. The molecule has 21 heavy (non-hydrogen) atoms. The molecule has 0 unspecified atom stereocenters. The van der Waals surface area contributed by atoms with Gasteiger partial charge in [0, 0.05) is 12.1 Å². The molecule has 1 spiro atoms. The van der Waals surface area contributed by atoms with Crippen LogP contribution >= 0.6 is 0 Å². The molecule has 0 aromatic carbocycles. The molecule has 0 atom stereocenters. The molecule has 0 aromatic heterocycles. The third-order valence-corrected chi connectivity index (χ3v) is 8.20. The van der Waals surface area contributed by atoms with Gasteiger partial charge in [-0.05, 0) is 57.0 Å². The summed E-state index contributed by atoms with van der Waals surface area (Å²) < 4.78 is 23.4. The van der Waals surface area contributed by atoms with E-state index in [1.165, 1.54) is 44.9 Å². The number of hydrogen-bond donors (Lipinski definition) is 1. The van der Waals surface area contributed by atoms with E-state index in [9.17, 15) is 8.42 Å². The van der Waals surface area contributed by atoms with E-state index < -0.39 is 9.84 Å². The van der Waals surface area contributed by atoms with Gasteiger partial charge in [0.05, 0.1) is 11.5 Å². The second kappa shape index (κ2) is 5.82. The van der Waals surface area contributed by atoms with Crippen molar-refractivity contribution in [1.29, 1.82) is 0 Å². The Balaban J connectivity index is 1.64. The van der Waals surface area contributed by atoms with Gasteiger partial charge in [0.2, 0.25) is 0 Å². The Morgan fingerprint density at radius 2 is 1.43 bits per heavy atom. The first-order valence-corrected chi connectivity index (χ1v) is 10.5. The molecule has 3 rings (SSSR count). The zero-order valence-corrected chi connectivity index (χ0v) is 14.0. The Bertz CT molecular complexity index is 445. The van der Waals surface area contributed by atoms with E-state index in [2.05, 4.69) is 4.90 Å². The average molecular weight is 314 g/mol. The summed E-state index contributed by atoms with van der Waals surface area (Å²) in [6, 6.07) is 0. The van der Waals surface area contributed by atoms with E-state index in [1.807, 2.05) is 0 Å². The maximum atomic E-state index is 11.7. The van der Waals surface area contributed by atoms with Crippen molar-refractivity contribution in [2.24, 2.45) is 11.1 Å². The molecule has 2 aliphatic heterocycles. The van der Waals surface area contributed by atoms with Gasteiger partial charge in [0.25, 0.3) is 0 Å². The fourth-order valence-electron chi connectivity index (χ4n) is 4.82. The Hall–Kier alpha value is -0.130. The van der Waals surface area contributed by atoms with E-state index in [0.29, 0.717) is 23.5 Å². The molecule has 0 aromatic rings. The van der Waals surface area contributed by atoms with Gasteiger partial charge < -0.3 is 5.73 Å². The van der Waals surface area contributed by atoms with Crippen molar-refractivity contribution < 1.29 is 8.42 Å². The summed E-state index contributed by atoms with van der Waals surface area (Å²) in [5, 5.41) is 0. The number of sulfone groups is 1. The first kappa shape index (κ1) is 15.8. The lowest BCUT2D eigenvalue weighted by molar-refractivity contribution is -0.000919. The highest BCUT2D eigenvalue weighted by atomic mass is 32.2. The van der Waals surface area contributed by atoms with E-state index in [-0.39, 0.29) is 5.54 Å². The molecule has 2 saturated heterocycles. The summed E-state index contributed by atoms with van der Waals surface area (Å²) >= 11 is 0. The monoisotopic (exact) mass is 314 g/mol. The summed E-state index contributed by atoms with van der Waals surface area (Å²) in [5.41, 5.74) is 6.65. The molecule has 0 amide bonds. The van der Waals surface area contributed by atoms with Crippen molar-refractivity contribution in [2.45, 2.75) is 63.3 Å². The number of piperidine rings is 1. The van der Waals surface area contributed by atoms with E-state index in [4.69, 9.17) is 5.73 Å². The standard InChI is InChI=1S/C16H30N2O2S/c17-14-16(8-12-21(19,20)13-9-16)18-10-6-15(7-11-18)4-2-1-3-5-15/h1-14,17H2. The van der Waals surface area contributed by atoms with E-state index >= 15 is 0 Å². The molecule has 1 aliphatic carbocycles. The molecule has 0 bridgehead atoms. The minimum atomic E-state index is -2.81. The number of nitrogens with two attached hydrogens (primary N) is 1. The van der Waals surface area contributed by atoms with Crippen LogP contribution in [0.1, 0.15) is 57.8 Å². The van der Waals surface area contributed by atoms with Crippen molar-refractivity contribution in [3.8, 4) is 0 Å². The van der Waals surface area contributed by atoms with Crippen LogP contribution in [0, 0.1) is 5.41 Å². The molecule has 3 aliphatic rings. The largest absolute Gasteiger partial charge is 0.329 e. The van der Waals surface area contributed by atoms with Crippen LogP contribution in [-0.4, -0.2) is 50.0 Å². The summed E-state index contributed by atoms with van der Waals surface area (Å²) in [4.78, 5) is 2.54. The maximum absolute atomic E-state index is 11.7. The SMILES string of the molecule is NCC1(N2CCC3(CCCCC3)CC2)CCS(=O)(=O)CC1. The Labute approximate surface area is 129 Å². The first-order valence-electron chi connectivity index (χ1n) is 8.65. The van der Waals surface area contributed by atoms with Crippen LogP contribution in [0.5, 0.6) is 0 Å². The lowest BCUT2D eigenvalue weighted by Gasteiger charge is -2.52. The quantitative estimate of drug-likeness (QED) is 0.846. The zero-order chi connectivity index (χ0) is 15.0. The van der Waals surface area contributed by atoms with Gasteiger partial charge in [-0.25, -0.2) is 8.42 Å². The maximum Gasteiger partial charge on any atom is 0.150 e. The van der Waals surface area contributed by atoms with Crippen LogP contribution in [0.25, 0.3) is 0 Å². The minimum Gasteiger partial charge on any atom is -0.329 e. The molecule has 0 radical (unpaired) electrons. The molecular weight excluding hydrogens is 284 g/mol. The van der Waals surface area contributed by atoms with Crippen LogP contribution in [0.3, 0.4) is 0 Å². The van der Waals surface area contributed by atoms with Crippen molar-refractivity contribution in [3.05, 3.63) is 0 Å². The fraction of sp³-hybridized carbons (Fsp3) is 1.00. The van der Waals surface area contributed by atoms with Crippen LogP contribution in [0.15, 0.2) is 0 Å². The van der Waals surface area contributed by atoms with Crippen LogP contribution < -0.4 is 5.73 Å². The smallest absolute Gasteiger partial charge is 0.150 e. The van der Waals surface area contributed by atoms with Gasteiger partial charge in [0.15, 0.2) is 0 Å². The number of likely N-dealkylation sites (tertiary alicyclic amines) is 1. The summed E-state index contributed by atoms with van der Waals surface area (Å²) in [5.74, 6) is 0.650. The second-order valence-corrected chi connectivity index (χ2v) is 9.93. The number of rotatable bonds is 2. The fourth-order valence-corrected chi connectivity index (χ4v) is 6.41. The van der Waals surface area contributed by atoms with Crippen molar-refractivity contribution in [1.82, 2.24) is 4.90 Å². The molecular formula is C16H30N2O2S. The summed E-state index contributed by atoms with van der Waals surface area (Å²) in [6.45, 7) is 2.85. The second-order valence-electron chi connectivity index (χ2n) is 7.63. The van der Waals surface area contributed by atoms with Gasteiger partial charge >= 0.3 is 0 Å². The van der Waals surface area contributed by atoms with Gasteiger partial charge in [-0.2, -0.15) is 0 Å². The minimum absolute atomic E-state index is 0.0401. The Kier molecular flexibility index (Phi) is 4.37. The number of nitrogens with zero attached hydrogens (tertiary/aromatic N) is 1. The molecule has 2 N–H and O–H groups in total. The topological polar surface area (TPSA) is 63.4 Å². The van der Waals surface area contributed by atoms with Crippen molar-refractivity contribution >= 4 is 9.84 Å².